The van der Waals surface area contributed by atoms with Gasteiger partial charge in [0.15, 0.2) is 9.84 Å². The molecule has 3 aromatic rings. The first-order valence-electron chi connectivity index (χ1n) is 9.95. The molecule has 0 saturated carbocycles. The van der Waals surface area contributed by atoms with Crippen LogP contribution in [0.2, 0.25) is 0 Å². The molecule has 4 rings (SSSR count). The molecule has 0 aliphatic carbocycles. The molecule has 6 nitrogen and oxygen atoms in total. The van der Waals surface area contributed by atoms with Gasteiger partial charge in [-0.15, -0.1) is 0 Å². The minimum Gasteiger partial charge on any atom is -0.497 e. The van der Waals surface area contributed by atoms with Crippen LogP contribution in [0.25, 0.3) is 10.8 Å². The second-order valence-corrected chi connectivity index (χ2v) is 9.56. The lowest BCUT2D eigenvalue weighted by atomic mass is 9.93. The van der Waals surface area contributed by atoms with Crippen LogP contribution in [0.15, 0.2) is 65.7 Å². The van der Waals surface area contributed by atoms with Crippen LogP contribution in [0.3, 0.4) is 0 Å². The number of fused-ring (bicyclic) bond motifs is 1. The van der Waals surface area contributed by atoms with Crippen molar-refractivity contribution in [1.82, 2.24) is 9.88 Å². The molecule has 1 atom stereocenters. The molecule has 2 heterocycles. The highest BCUT2D eigenvalue weighted by molar-refractivity contribution is 7.92. The second-order valence-electron chi connectivity index (χ2n) is 7.57. The van der Waals surface area contributed by atoms with Crippen LogP contribution in [0.1, 0.15) is 24.5 Å². The Balaban J connectivity index is 1.47. The highest BCUT2D eigenvalue weighted by Crippen LogP contribution is 2.28. The average molecular weight is 425 g/mol. The Bertz CT molecular complexity index is 1160. The lowest BCUT2D eigenvalue weighted by Crippen LogP contribution is -2.42. The number of pyridine rings is 1. The molecule has 1 aliphatic heterocycles. The number of sulfone groups is 1. The fraction of sp³-hybridized carbons (Fsp3) is 0.304. The van der Waals surface area contributed by atoms with Gasteiger partial charge in [0.1, 0.15) is 11.5 Å². The van der Waals surface area contributed by atoms with Crippen molar-refractivity contribution in [2.45, 2.75) is 23.7 Å². The number of amides is 1. The van der Waals surface area contributed by atoms with Crippen molar-refractivity contribution in [3.63, 3.8) is 0 Å². The van der Waals surface area contributed by atoms with E-state index in [1.807, 2.05) is 30.5 Å². The van der Waals surface area contributed by atoms with E-state index in [2.05, 4.69) is 11.1 Å². The van der Waals surface area contributed by atoms with Gasteiger partial charge in [-0.05, 0) is 48.6 Å². The highest BCUT2D eigenvalue weighted by atomic mass is 32.2. The quantitative estimate of drug-likeness (QED) is 0.627. The Morgan fingerprint density at radius 2 is 1.87 bits per heavy atom. The van der Waals surface area contributed by atoms with E-state index < -0.39 is 15.6 Å². The van der Waals surface area contributed by atoms with Crippen molar-refractivity contribution in [1.29, 1.82) is 0 Å². The van der Waals surface area contributed by atoms with Crippen LogP contribution < -0.4 is 4.74 Å². The number of likely N-dealkylation sites (tertiary alicyclic amines) is 1. The standard InChI is InChI=1S/C23H24N2O4S/c1-29-20-8-10-21(11-9-20)30(27,28)16-23(26)25-12-4-7-19(15-25)22-13-17-5-2-3-6-18(17)14-24-22/h2-3,5-6,8-11,13-14,19H,4,7,12,15-16H2,1H3/t19-/m0/s1. The normalized spacial score (nSPS) is 17.1. The third-order valence-corrected chi connectivity index (χ3v) is 7.19. The summed E-state index contributed by atoms with van der Waals surface area (Å²) in [4.78, 5) is 19.2. The largest absolute Gasteiger partial charge is 0.497 e. The van der Waals surface area contributed by atoms with Crippen molar-refractivity contribution >= 4 is 26.5 Å². The molecule has 0 radical (unpaired) electrons. The minimum absolute atomic E-state index is 0.107. The van der Waals surface area contributed by atoms with Gasteiger partial charge in [-0.25, -0.2) is 8.42 Å². The van der Waals surface area contributed by atoms with Gasteiger partial charge in [0.25, 0.3) is 0 Å². The molecule has 1 fully saturated rings. The fourth-order valence-corrected chi connectivity index (χ4v) is 5.11. The molecule has 2 aromatic carbocycles. The maximum Gasteiger partial charge on any atom is 0.238 e. The van der Waals surface area contributed by atoms with E-state index in [1.165, 1.54) is 19.2 Å². The van der Waals surface area contributed by atoms with Gasteiger partial charge in [0.2, 0.25) is 5.91 Å². The van der Waals surface area contributed by atoms with Crippen LogP contribution in [0.4, 0.5) is 0 Å². The molecule has 1 amide bonds. The lowest BCUT2D eigenvalue weighted by molar-refractivity contribution is -0.129. The van der Waals surface area contributed by atoms with Gasteiger partial charge < -0.3 is 9.64 Å². The van der Waals surface area contributed by atoms with Crippen molar-refractivity contribution in [2.24, 2.45) is 0 Å². The molecule has 0 spiro atoms. The Morgan fingerprint density at radius 1 is 1.13 bits per heavy atom. The minimum atomic E-state index is -3.71. The number of piperidine rings is 1. The van der Waals surface area contributed by atoms with Crippen LogP contribution in [0.5, 0.6) is 5.75 Å². The zero-order valence-electron chi connectivity index (χ0n) is 16.8. The van der Waals surface area contributed by atoms with E-state index in [-0.39, 0.29) is 16.7 Å². The number of rotatable bonds is 5. The summed E-state index contributed by atoms with van der Waals surface area (Å²) in [6, 6.07) is 16.2. The smallest absolute Gasteiger partial charge is 0.238 e. The topological polar surface area (TPSA) is 76.6 Å². The van der Waals surface area contributed by atoms with Gasteiger partial charge in [-0.2, -0.15) is 0 Å². The summed E-state index contributed by atoms with van der Waals surface area (Å²) < 4.78 is 30.4. The molecular weight excluding hydrogens is 400 g/mol. The number of aromatic nitrogens is 1. The monoisotopic (exact) mass is 424 g/mol. The van der Waals surface area contributed by atoms with E-state index >= 15 is 0 Å². The molecular formula is C23H24N2O4S. The lowest BCUT2D eigenvalue weighted by Gasteiger charge is -2.32. The van der Waals surface area contributed by atoms with Crippen molar-refractivity contribution in [2.75, 3.05) is 26.0 Å². The zero-order chi connectivity index (χ0) is 21.1. The molecule has 156 valence electrons. The summed E-state index contributed by atoms with van der Waals surface area (Å²) in [6.45, 7) is 1.06. The number of hydrogen-bond donors (Lipinski definition) is 0. The first-order chi connectivity index (χ1) is 14.5. The number of methoxy groups -OCH3 is 1. The van der Waals surface area contributed by atoms with Crippen LogP contribution in [-0.4, -0.2) is 50.2 Å². The maximum absolute atomic E-state index is 12.8. The van der Waals surface area contributed by atoms with Crippen LogP contribution >= 0.6 is 0 Å². The maximum atomic E-state index is 12.8. The number of hydrogen-bond acceptors (Lipinski definition) is 5. The number of carbonyl (C=O) groups excluding carboxylic acids is 1. The predicted molar refractivity (Wildman–Crippen MR) is 115 cm³/mol. The second kappa shape index (κ2) is 8.44. The van der Waals surface area contributed by atoms with Gasteiger partial charge in [-0.1, -0.05) is 24.3 Å². The van der Waals surface area contributed by atoms with Crippen LogP contribution in [-0.2, 0) is 14.6 Å². The Hall–Kier alpha value is -2.93. The third kappa shape index (κ3) is 4.31. The first-order valence-corrected chi connectivity index (χ1v) is 11.6. The number of benzene rings is 2. The van der Waals surface area contributed by atoms with E-state index in [4.69, 9.17) is 4.74 Å². The molecule has 30 heavy (non-hydrogen) atoms. The van der Waals surface area contributed by atoms with Crippen molar-refractivity contribution in [3.05, 3.63) is 66.5 Å². The molecule has 0 bridgehead atoms. The molecule has 1 aromatic heterocycles. The summed E-state index contributed by atoms with van der Waals surface area (Å²) in [7, 11) is -2.19. The summed E-state index contributed by atoms with van der Waals surface area (Å²) in [6.07, 6.45) is 3.62. The van der Waals surface area contributed by atoms with Gasteiger partial charge in [-0.3, -0.25) is 9.78 Å². The van der Waals surface area contributed by atoms with E-state index in [1.54, 1.807) is 17.0 Å². The van der Waals surface area contributed by atoms with Crippen LogP contribution in [0, 0.1) is 0 Å². The Kier molecular flexibility index (Phi) is 5.72. The summed E-state index contributed by atoms with van der Waals surface area (Å²) in [5.74, 6) is -0.216. The van der Waals surface area contributed by atoms with E-state index in [0.717, 1.165) is 29.3 Å². The first kappa shape index (κ1) is 20.3. The number of ether oxygens (including phenoxy) is 1. The zero-order valence-corrected chi connectivity index (χ0v) is 17.6. The summed E-state index contributed by atoms with van der Waals surface area (Å²) >= 11 is 0. The van der Waals surface area contributed by atoms with Gasteiger partial charge in [0, 0.05) is 36.3 Å². The number of carbonyl (C=O) groups is 1. The Morgan fingerprint density at radius 3 is 2.60 bits per heavy atom. The van der Waals surface area contributed by atoms with Gasteiger partial charge >= 0.3 is 0 Å². The fourth-order valence-electron chi connectivity index (χ4n) is 3.89. The SMILES string of the molecule is COc1ccc(S(=O)(=O)CC(=O)N2CCC[C@H](c3cc4ccccc4cn3)C2)cc1. The van der Waals surface area contributed by atoms with E-state index in [9.17, 15) is 13.2 Å². The van der Waals surface area contributed by atoms with Gasteiger partial charge in [0.05, 0.1) is 12.0 Å². The van der Waals surface area contributed by atoms with Crippen molar-refractivity contribution < 1.29 is 17.9 Å². The molecule has 1 aliphatic rings. The Labute approximate surface area is 176 Å². The highest BCUT2D eigenvalue weighted by Gasteiger charge is 2.29. The summed E-state index contributed by atoms with van der Waals surface area (Å²) in [5.41, 5.74) is 0.948. The number of nitrogens with zero attached hydrogens (tertiary/aromatic N) is 2. The molecule has 1 saturated heterocycles. The molecule has 7 heteroatoms. The predicted octanol–water partition coefficient (Wildman–Crippen LogP) is 3.42. The third-order valence-electron chi connectivity index (χ3n) is 5.58. The summed E-state index contributed by atoms with van der Waals surface area (Å²) in [5, 5.41) is 2.20. The molecule has 0 unspecified atom stereocenters. The molecule has 0 N–H and O–H groups in total. The average Bonchev–Trinajstić information content (AvgIpc) is 2.78. The van der Waals surface area contributed by atoms with E-state index in [0.29, 0.717) is 18.8 Å². The van der Waals surface area contributed by atoms with Crippen molar-refractivity contribution in [3.8, 4) is 5.75 Å².